The maximum atomic E-state index is 6.87. The summed E-state index contributed by atoms with van der Waals surface area (Å²) in [6.45, 7) is 0. The number of benzene rings is 8. The average Bonchev–Trinajstić information content (AvgIpc) is 3.93. The van der Waals surface area contributed by atoms with Gasteiger partial charge in [0.2, 0.25) is 5.89 Å². The van der Waals surface area contributed by atoms with Crippen LogP contribution in [0.25, 0.3) is 83.1 Å². The molecule has 0 atom stereocenters. The van der Waals surface area contributed by atoms with Gasteiger partial charge in [-0.2, -0.15) is 0 Å². The number of furan rings is 1. The monoisotopic (exact) mass is 693 g/mol. The van der Waals surface area contributed by atoms with E-state index in [0.717, 1.165) is 83.3 Å². The van der Waals surface area contributed by atoms with E-state index in [1.165, 1.54) is 5.39 Å². The fourth-order valence-electron chi connectivity index (χ4n) is 7.98. The van der Waals surface area contributed by atoms with Crippen LogP contribution >= 0.6 is 0 Å². The van der Waals surface area contributed by atoms with Crippen molar-refractivity contribution in [1.82, 2.24) is 9.55 Å². The number of rotatable bonds is 6. The van der Waals surface area contributed by atoms with Gasteiger partial charge in [0.15, 0.2) is 5.58 Å². The van der Waals surface area contributed by atoms with E-state index in [4.69, 9.17) is 13.8 Å². The molecule has 3 heterocycles. The molecule has 0 N–H and O–H groups in total. The average molecular weight is 694 g/mol. The number of hydrogen-bond acceptors (Lipinski definition) is 4. The first-order valence-corrected chi connectivity index (χ1v) is 18.1. The number of fused-ring (bicyclic) bond motifs is 7. The van der Waals surface area contributed by atoms with Crippen molar-refractivity contribution in [3.63, 3.8) is 0 Å². The van der Waals surface area contributed by atoms with Gasteiger partial charge in [0.05, 0.1) is 16.4 Å². The summed E-state index contributed by atoms with van der Waals surface area (Å²) in [5.74, 6) is 0.558. The van der Waals surface area contributed by atoms with Gasteiger partial charge in [-0.15, -0.1) is 0 Å². The third-order valence-electron chi connectivity index (χ3n) is 10.4. The molecule has 5 nitrogen and oxygen atoms in total. The lowest BCUT2D eigenvalue weighted by Gasteiger charge is -2.27. The second-order valence-electron chi connectivity index (χ2n) is 13.6. The van der Waals surface area contributed by atoms with Crippen LogP contribution in [0.15, 0.2) is 197 Å². The SMILES string of the molecule is c1ccc(-c2cccc(N(c3ccc4c(c3)c3ccccc3n4-c3ccccc3)c3c4oc(-c5ccccc5)nc4cc4oc5ccccc5c34)c2)cc1. The molecular formula is C49H31N3O2. The van der Waals surface area contributed by atoms with E-state index < -0.39 is 0 Å². The summed E-state index contributed by atoms with van der Waals surface area (Å²) in [7, 11) is 0. The van der Waals surface area contributed by atoms with Crippen LogP contribution in [-0.2, 0) is 0 Å². The Morgan fingerprint density at radius 3 is 1.91 bits per heavy atom. The Bertz CT molecular complexity index is 3160. The molecule has 0 spiro atoms. The Balaban J connectivity index is 1.25. The highest BCUT2D eigenvalue weighted by Crippen LogP contribution is 2.49. The lowest BCUT2D eigenvalue weighted by molar-refractivity contribution is 0.620. The van der Waals surface area contributed by atoms with Gasteiger partial charge < -0.3 is 18.3 Å². The second-order valence-corrected chi connectivity index (χ2v) is 13.6. The van der Waals surface area contributed by atoms with Gasteiger partial charge in [0.1, 0.15) is 22.4 Å². The van der Waals surface area contributed by atoms with Crippen molar-refractivity contribution in [2.45, 2.75) is 0 Å². The second kappa shape index (κ2) is 12.1. The number of nitrogens with zero attached hydrogens (tertiary/aromatic N) is 3. The highest BCUT2D eigenvalue weighted by Gasteiger charge is 2.27. The molecule has 0 saturated carbocycles. The minimum Gasteiger partial charge on any atom is -0.456 e. The fourth-order valence-corrected chi connectivity index (χ4v) is 7.98. The van der Waals surface area contributed by atoms with Crippen molar-refractivity contribution in [2.75, 3.05) is 4.90 Å². The maximum absolute atomic E-state index is 6.87. The van der Waals surface area contributed by atoms with Crippen molar-refractivity contribution >= 4 is 71.9 Å². The summed E-state index contributed by atoms with van der Waals surface area (Å²) in [4.78, 5) is 7.40. The summed E-state index contributed by atoms with van der Waals surface area (Å²) in [6.07, 6.45) is 0. The smallest absolute Gasteiger partial charge is 0.227 e. The van der Waals surface area contributed by atoms with Crippen LogP contribution in [0.5, 0.6) is 0 Å². The molecule has 8 aromatic carbocycles. The van der Waals surface area contributed by atoms with E-state index in [9.17, 15) is 0 Å². The predicted octanol–water partition coefficient (Wildman–Crippen LogP) is 13.6. The number of oxazole rings is 1. The third kappa shape index (κ3) is 4.76. The lowest BCUT2D eigenvalue weighted by Crippen LogP contribution is -2.11. The standard InChI is InChI=1S/C49H31N3O2/c1-4-15-32(16-5-1)34-19-14-22-36(29-34)51(37-27-28-43-40(30-37)38-23-10-12-25-42(38)52(43)35-20-8-3-9-21-35)47-46-39-24-11-13-26-44(39)53-45(46)31-41-48(47)54-49(50-41)33-17-6-2-7-18-33/h1-31H. The van der Waals surface area contributed by atoms with Gasteiger partial charge >= 0.3 is 0 Å². The molecule has 11 aromatic rings. The zero-order valence-electron chi connectivity index (χ0n) is 29.1. The molecule has 0 aliphatic heterocycles. The molecule has 0 amide bonds. The van der Waals surface area contributed by atoms with E-state index >= 15 is 0 Å². The minimum absolute atomic E-state index is 0.558. The van der Waals surface area contributed by atoms with E-state index in [1.54, 1.807) is 0 Å². The topological polar surface area (TPSA) is 47.3 Å². The molecule has 0 aliphatic rings. The van der Waals surface area contributed by atoms with Gasteiger partial charge in [0.25, 0.3) is 0 Å². The quantitative estimate of drug-likeness (QED) is 0.174. The van der Waals surface area contributed by atoms with Crippen LogP contribution in [0.1, 0.15) is 0 Å². The van der Waals surface area contributed by atoms with E-state index in [2.05, 4.69) is 149 Å². The lowest BCUT2D eigenvalue weighted by atomic mass is 10.0. The highest BCUT2D eigenvalue weighted by molar-refractivity contribution is 6.21. The molecule has 0 aliphatic carbocycles. The normalized spacial score (nSPS) is 11.7. The van der Waals surface area contributed by atoms with Crippen molar-refractivity contribution in [2.24, 2.45) is 0 Å². The molecular weight excluding hydrogens is 663 g/mol. The van der Waals surface area contributed by atoms with E-state index in [-0.39, 0.29) is 0 Å². The maximum Gasteiger partial charge on any atom is 0.227 e. The first-order valence-electron chi connectivity index (χ1n) is 18.1. The zero-order valence-corrected chi connectivity index (χ0v) is 29.1. The van der Waals surface area contributed by atoms with Crippen molar-refractivity contribution in [3.8, 4) is 28.3 Å². The molecule has 3 aromatic heterocycles. The van der Waals surface area contributed by atoms with Crippen molar-refractivity contribution < 1.29 is 8.83 Å². The summed E-state index contributed by atoms with van der Waals surface area (Å²) >= 11 is 0. The highest BCUT2D eigenvalue weighted by atomic mass is 16.4. The van der Waals surface area contributed by atoms with Crippen molar-refractivity contribution in [1.29, 1.82) is 0 Å². The number of hydrogen-bond donors (Lipinski definition) is 0. The predicted molar refractivity (Wildman–Crippen MR) is 221 cm³/mol. The molecule has 5 heteroatoms. The van der Waals surface area contributed by atoms with E-state index in [1.807, 2.05) is 48.5 Å². The summed E-state index contributed by atoms with van der Waals surface area (Å²) in [5, 5.41) is 4.30. The van der Waals surface area contributed by atoms with E-state index in [0.29, 0.717) is 11.5 Å². The number of anilines is 3. The Hall–Kier alpha value is -7.37. The molecule has 0 radical (unpaired) electrons. The number of aromatic nitrogens is 2. The van der Waals surface area contributed by atoms with Gasteiger partial charge in [-0.1, -0.05) is 115 Å². The number of para-hydroxylation sites is 3. The van der Waals surface area contributed by atoms with Gasteiger partial charge in [0, 0.05) is 44.9 Å². The molecule has 0 unspecified atom stereocenters. The van der Waals surface area contributed by atoms with Gasteiger partial charge in [-0.3, -0.25) is 0 Å². The summed E-state index contributed by atoms with van der Waals surface area (Å²) in [5.41, 5.74) is 12.4. The molecule has 0 fully saturated rings. The fraction of sp³-hybridized carbons (Fsp3) is 0. The largest absolute Gasteiger partial charge is 0.456 e. The first-order chi connectivity index (χ1) is 26.8. The van der Waals surface area contributed by atoms with Crippen LogP contribution in [0.3, 0.4) is 0 Å². The Labute approximate surface area is 310 Å². The van der Waals surface area contributed by atoms with Crippen LogP contribution in [0.4, 0.5) is 17.1 Å². The Morgan fingerprint density at radius 1 is 0.444 bits per heavy atom. The van der Waals surface area contributed by atoms with Crippen LogP contribution < -0.4 is 4.90 Å². The summed E-state index contributed by atoms with van der Waals surface area (Å²) < 4.78 is 15.8. The molecule has 0 bridgehead atoms. The minimum atomic E-state index is 0.558. The summed E-state index contributed by atoms with van der Waals surface area (Å²) in [6, 6.07) is 65.5. The molecule has 11 rings (SSSR count). The molecule has 0 saturated heterocycles. The van der Waals surface area contributed by atoms with Gasteiger partial charge in [-0.05, 0) is 77.9 Å². The van der Waals surface area contributed by atoms with Crippen LogP contribution in [0, 0.1) is 0 Å². The first kappa shape index (κ1) is 30.3. The third-order valence-corrected chi connectivity index (χ3v) is 10.4. The van der Waals surface area contributed by atoms with Gasteiger partial charge in [-0.25, -0.2) is 4.98 Å². The molecule has 254 valence electrons. The Kier molecular flexibility index (Phi) is 6.79. The van der Waals surface area contributed by atoms with Crippen LogP contribution in [-0.4, -0.2) is 9.55 Å². The van der Waals surface area contributed by atoms with Crippen LogP contribution in [0.2, 0.25) is 0 Å². The Morgan fingerprint density at radius 2 is 1.09 bits per heavy atom. The van der Waals surface area contributed by atoms with Crippen molar-refractivity contribution in [3.05, 3.63) is 188 Å². The molecule has 54 heavy (non-hydrogen) atoms. The zero-order chi connectivity index (χ0) is 35.6.